The van der Waals surface area contributed by atoms with Gasteiger partial charge in [-0.05, 0) is 19.1 Å². The highest BCUT2D eigenvalue weighted by Gasteiger charge is 2.18. The zero-order valence-electron chi connectivity index (χ0n) is 12.4. The van der Waals surface area contributed by atoms with Gasteiger partial charge in [0, 0.05) is 24.3 Å². The highest BCUT2D eigenvalue weighted by molar-refractivity contribution is 5.64. The summed E-state index contributed by atoms with van der Waals surface area (Å²) in [6.45, 7) is 2.13. The average Bonchev–Trinajstić information content (AvgIpc) is 2.55. The van der Waals surface area contributed by atoms with Crippen molar-refractivity contribution in [1.29, 1.82) is 0 Å². The fraction of sp³-hybridized carbons (Fsp3) is 0.188. The average molecular weight is 317 g/mol. The van der Waals surface area contributed by atoms with E-state index in [2.05, 4.69) is 0 Å². The summed E-state index contributed by atoms with van der Waals surface area (Å²) in [4.78, 5) is 21.9. The van der Waals surface area contributed by atoms with Crippen molar-refractivity contribution in [3.8, 4) is 5.75 Å². The number of rotatable bonds is 6. The summed E-state index contributed by atoms with van der Waals surface area (Å²) >= 11 is 0. The maximum Gasteiger partial charge on any atom is 0.516 e. The Hall–Kier alpha value is -2.93. The molecule has 0 aliphatic carbocycles. The molecule has 0 amide bonds. The van der Waals surface area contributed by atoms with E-state index in [0.29, 0.717) is 12.2 Å². The van der Waals surface area contributed by atoms with E-state index in [1.807, 2.05) is 6.07 Å². The number of benzene rings is 2. The number of nitrogens with zero attached hydrogens (tertiary/aromatic N) is 1. The van der Waals surface area contributed by atoms with Crippen LogP contribution in [0.1, 0.15) is 18.8 Å². The molecule has 0 bridgehead atoms. The van der Waals surface area contributed by atoms with Crippen molar-refractivity contribution in [2.24, 2.45) is 0 Å². The van der Waals surface area contributed by atoms with Crippen molar-refractivity contribution in [3.63, 3.8) is 0 Å². The van der Waals surface area contributed by atoms with Gasteiger partial charge in [0.15, 0.2) is 0 Å². The molecule has 2 rings (SSSR count). The number of hydrogen-bond acceptors (Lipinski definition) is 6. The third-order valence-electron chi connectivity index (χ3n) is 2.84. The SMILES string of the molecule is CCOC(OC(=O)Oc1ccc([N+](=O)[O-])cc1)c1ccccc1. The first-order valence-electron chi connectivity index (χ1n) is 6.89. The number of ether oxygens (including phenoxy) is 3. The summed E-state index contributed by atoms with van der Waals surface area (Å²) in [6.07, 6.45) is -1.84. The first-order valence-corrected chi connectivity index (χ1v) is 6.89. The second kappa shape index (κ2) is 7.90. The van der Waals surface area contributed by atoms with Gasteiger partial charge in [0.1, 0.15) is 5.75 Å². The first-order chi connectivity index (χ1) is 11.1. The van der Waals surface area contributed by atoms with E-state index in [1.165, 1.54) is 24.3 Å². The van der Waals surface area contributed by atoms with Gasteiger partial charge in [-0.15, -0.1) is 0 Å². The van der Waals surface area contributed by atoms with E-state index in [4.69, 9.17) is 14.2 Å². The van der Waals surface area contributed by atoms with Gasteiger partial charge in [-0.1, -0.05) is 30.3 Å². The van der Waals surface area contributed by atoms with Crippen molar-refractivity contribution >= 4 is 11.8 Å². The van der Waals surface area contributed by atoms with E-state index in [1.54, 1.807) is 31.2 Å². The Bertz CT molecular complexity index is 656. The molecule has 0 aromatic heterocycles. The number of hydrogen-bond donors (Lipinski definition) is 0. The van der Waals surface area contributed by atoms with Crippen molar-refractivity contribution in [1.82, 2.24) is 0 Å². The van der Waals surface area contributed by atoms with Crippen LogP contribution in [0.25, 0.3) is 0 Å². The lowest BCUT2D eigenvalue weighted by molar-refractivity contribution is -0.384. The third kappa shape index (κ3) is 4.79. The molecule has 0 saturated carbocycles. The highest BCUT2D eigenvalue weighted by Crippen LogP contribution is 2.21. The van der Waals surface area contributed by atoms with Crippen LogP contribution < -0.4 is 4.74 Å². The van der Waals surface area contributed by atoms with Gasteiger partial charge in [0.25, 0.3) is 5.69 Å². The van der Waals surface area contributed by atoms with Crippen LogP contribution in [-0.4, -0.2) is 17.7 Å². The molecule has 0 spiro atoms. The van der Waals surface area contributed by atoms with Gasteiger partial charge in [-0.3, -0.25) is 10.1 Å². The van der Waals surface area contributed by atoms with Gasteiger partial charge in [0.2, 0.25) is 6.29 Å². The van der Waals surface area contributed by atoms with Gasteiger partial charge in [-0.25, -0.2) is 4.79 Å². The van der Waals surface area contributed by atoms with Crippen LogP contribution in [0, 0.1) is 10.1 Å². The maximum absolute atomic E-state index is 11.8. The molecule has 2 aromatic carbocycles. The Morgan fingerprint density at radius 3 is 2.35 bits per heavy atom. The monoisotopic (exact) mass is 317 g/mol. The molecule has 0 aliphatic rings. The van der Waals surface area contributed by atoms with Crippen LogP contribution >= 0.6 is 0 Å². The molecular formula is C16H15NO6. The number of carbonyl (C=O) groups excluding carboxylic acids is 1. The summed E-state index contributed by atoms with van der Waals surface area (Å²) in [5, 5.41) is 10.6. The Kier molecular flexibility index (Phi) is 5.65. The third-order valence-corrected chi connectivity index (χ3v) is 2.84. The van der Waals surface area contributed by atoms with Crippen LogP contribution in [0.2, 0.25) is 0 Å². The van der Waals surface area contributed by atoms with E-state index in [0.717, 1.165) is 0 Å². The summed E-state index contributed by atoms with van der Waals surface area (Å²) < 4.78 is 15.5. The molecule has 2 aromatic rings. The Morgan fingerprint density at radius 2 is 1.78 bits per heavy atom. The normalized spacial score (nSPS) is 11.5. The van der Waals surface area contributed by atoms with Crippen LogP contribution in [0.4, 0.5) is 10.5 Å². The smallest absolute Gasteiger partial charge is 0.400 e. The molecule has 0 heterocycles. The zero-order chi connectivity index (χ0) is 16.7. The lowest BCUT2D eigenvalue weighted by Gasteiger charge is -2.17. The van der Waals surface area contributed by atoms with E-state index < -0.39 is 17.4 Å². The van der Waals surface area contributed by atoms with Crippen molar-refractivity contribution in [3.05, 3.63) is 70.3 Å². The van der Waals surface area contributed by atoms with E-state index >= 15 is 0 Å². The zero-order valence-corrected chi connectivity index (χ0v) is 12.4. The van der Waals surface area contributed by atoms with Crippen LogP contribution in [0.15, 0.2) is 54.6 Å². The number of non-ortho nitro benzene ring substituents is 1. The topological polar surface area (TPSA) is 87.9 Å². The molecule has 0 radical (unpaired) electrons. The summed E-state index contributed by atoms with van der Waals surface area (Å²) in [6, 6.07) is 14.1. The molecule has 7 heteroatoms. The Labute approximate surface area is 132 Å². The lowest BCUT2D eigenvalue weighted by atomic mass is 10.2. The molecule has 0 N–H and O–H groups in total. The van der Waals surface area contributed by atoms with Gasteiger partial charge in [-0.2, -0.15) is 0 Å². The fourth-order valence-corrected chi connectivity index (χ4v) is 1.80. The molecule has 1 atom stereocenters. The van der Waals surface area contributed by atoms with Gasteiger partial charge < -0.3 is 14.2 Å². The number of carbonyl (C=O) groups is 1. The molecule has 7 nitrogen and oxygen atoms in total. The van der Waals surface area contributed by atoms with Crippen LogP contribution in [0.3, 0.4) is 0 Å². The molecule has 23 heavy (non-hydrogen) atoms. The Balaban J connectivity index is 2.00. The summed E-state index contributed by atoms with van der Waals surface area (Å²) in [5.74, 6) is 0.143. The van der Waals surface area contributed by atoms with Crippen molar-refractivity contribution < 1.29 is 23.9 Å². The fourth-order valence-electron chi connectivity index (χ4n) is 1.80. The quantitative estimate of drug-likeness (QED) is 0.264. The predicted molar refractivity (Wildman–Crippen MR) is 81.0 cm³/mol. The molecular weight excluding hydrogens is 302 g/mol. The minimum Gasteiger partial charge on any atom is -0.400 e. The highest BCUT2D eigenvalue weighted by atomic mass is 16.8. The largest absolute Gasteiger partial charge is 0.516 e. The first kappa shape index (κ1) is 16.4. The predicted octanol–water partition coefficient (Wildman–Crippen LogP) is 3.85. The van der Waals surface area contributed by atoms with Crippen LogP contribution in [0.5, 0.6) is 5.75 Å². The molecule has 0 saturated heterocycles. The second-order valence-electron chi connectivity index (χ2n) is 4.42. The van der Waals surface area contributed by atoms with Gasteiger partial charge >= 0.3 is 6.16 Å². The molecule has 0 aliphatic heterocycles. The molecule has 0 fully saturated rings. The van der Waals surface area contributed by atoms with E-state index in [9.17, 15) is 14.9 Å². The molecule has 120 valence electrons. The minimum atomic E-state index is -0.957. The Morgan fingerprint density at radius 1 is 1.13 bits per heavy atom. The maximum atomic E-state index is 11.8. The second-order valence-corrected chi connectivity index (χ2v) is 4.42. The molecule has 1 unspecified atom stereocenters. The van der Waals surface area contributed by atoms with Crippen LogP contribution in [-0.2, 0) is 9.47 Å². The summed E-state index contributed by atoms with van der Waals surface area (Å²) in [5.41, 5.74) is 0.581. The standard InChI is InChI=1S/C16H15NO6/c1-2-21-15(12-6-4-3-5-7-12)23-16(18)22-14-10-8-13(9-11-14)17(19)20/h3-11,15H,2H2,1H3. The number of nitro groups is 1. The lowest BCUT2D eigenvalue weighted by Crippen LogP contribution is -2.17. The number of nitro benzene ring substituents is 1. The minimum absolute atomic E-state index is 0.0952. The van der Waals surface area contributed by atoms with Gasteiger partial charge in [0.05, 0.1) is 4.92 Å². The van der Waals surface area contributed by atoms with Crippen molar-refractivity contribution in [2.75, 3.05) is 6.61 Å². The van der Waals surface area contributed by atoms with E-state index in [-0.39, 0.29) is 11.4 Å². The summed E-state index contributed by atoms with van der Waals surface area (Å²) in [7, 11) is 0. The van der Waals surface area contributed by atoms with Crippen molar-refractivity contribution in [2.45, 2.75) is 13.2 Å².